The standard InChI is InChI=1S/C43H50N2O6S2.C32H68P/c1-42(2)38(44(28-14-16-30-52(46,47)48)36-26-24-32-18-10-12-20-34(32)40(36)42)22-8-6-5-7-9-23-39-43(3,4)41-35-21-13-11-19-33(35)25-27-37(41)45(39)29-15-17-31-53(49,50)51;1-5-9-13-17-18-19-20-21-22-23-24-28-32-33(29-25-14-10-6-2,30-26-15-11-7-3)31-27-16-12-8-4/h5-13,18-27,38H,14-17,28-31H2,1-4H3,(H,46,47,48)(H,49,50,51);5-32H2,1-4H3/q;+1/b6-5+,9-7+,22-8+,39-23+;. The Morgan fingerprint density at radius 1 is 0.442 bits per heavy atom. The second-order valence-electron chi connectivity index (χ2n) is 26.5. The molecule has 11 heteroatoms. The van der Waals surface area contributed by atoms with Gasteiger partial charge in [0.25, 0.3) is 20.2 Å². The van der Waals surface area contributed by atoms with Crippen LogP contribution < -0.4 is 9.80 Å². The zero-order chi connectivity index (χ0) is 62.3. The molecule has 0 saturated heterocycles. The highest BCUT2D eigenvalue weighted by atomic mass is 32.2. The van der Waals surface area contributed by atoms with Crippen LogP contribution in [-0.4, -0.2) is 81.2 Å². The summed E-state index contributed by atoms with van der Waals surface area (Å²) in [4.78, 5) is 4.65. The smallest absolute Gasteiger partial charge is 0.264 e. The monoisotopic (exact) mass is 1240 g/mol. The summed E-state index contributed by atoms with van der Waals surface area (Å²) in [6, 6.07) is 25.5. The minimum absolute atomic E-state index is 0.0341. The van der Waals surface area contributed by atoms with Crippen LogP contribution in [0.5, 0.6) is 0 Å². The summed E-state index contributed by atoms with van der Waals surface area (Å²) in [5.41, 5.74) is 5.41. The van der Waals surface area contributed by atoms with Crippen molar-refractivity contribution in [2.45, 2.75) is 252 Å². The summed E-state index contributed by atoms with van der Waals surface area (Å²) in [6.45, 7) is 19.7. The van der Waals surface area contributed by atoms with Crippen LogP contribution in [0.1, 0.15) is 246 Å². The molecule has 0 fully saturated rings. The number of fused-ring (bicyclic) bond motifs is 6. The van der Waals surface area contributed by atoms with Crippen LogP contribution in [0, 0.1) is 0 Å². The molecule has 1 atom stereocenters. The second-order valence-corrected chi connectivity index (χ2v) is 34.1. The van der Waals surface area contributed by atoms with E-state index in [1.165, 1.54) is 161 Å². The summed E-state index contributed by atoms with van der Waals surface area (Å²) in [5.74, 6) is -0.495. The predicted molar refractivity (Wildman–Crippen MR) is 379 cm³/mol. The van der Waals surface area contributed by atoms with Gasteiger partial charge in [-0.25, -0.2) is 0 Å². The number of unbranched alkanes of at least 4 members (excludes halogenated alkanes) is 22. The van der Waals surface area contributed by atoms with Crippen molar-refractivity contribution >= 4 is 60.4 Å². The fourth-order valence-corrected chi connectivity index (χ4v) is 20.0. The first-order chi connectivity index (χ1) is 41.3. The molecule has 0 radical (unpaired) electrons. The Bertz CT molecular complexity index is 2930. The van der Waals surface area contributed by atoms with Gasteiger partial charge in [-0.15, -0.1) is 0 Å². The molecule has 1 unspecified atom stereocenters. The first kappa shape index (κ1) is 73.0. The maximum atomic E-state index is 11.4. The molecule has 6 rings (SSSR count). The minimum Gasteiger partial charge on any atom is -0.364 e. The lowest BCUT2D eigenvalue weighted by atomic mass is 9.78. The third kappa shape index (κ3) is 23.5. The molecule has 0 amide bonds. The van der Waals surface area contributed by atoms with E-state index in [0.717, 1.165) is 17.1 Å². The van der Waals surface area contributed by atoms with Crippen LogP contribution in [0.15, 0.2) is 121 Å². The highest BCUT2D eigenvalue weighted by molar-refractivity contribution is 7.86. The van der Waals surface area contributed by atoms with Crippen LogP contribution in [0.3, 0.4) is 0 Å². The van der Waals surface area contributed by atoms with E-state index in [4.69, 9.17) is 0 Å². The Morgan fingerprint density at radius 3 is 1.31 bits per heavy atom. The molecular formula is C75H118N2O6PS2+. The molecule has 86 heavy (non-hydrogen) atoms. The van der Waals surface area contributed by atoms with Gasteiger partial charge in [0.2, 0.25) is 0 Å². The van der Waals surface area contributed by atoms with Crippen molar-refractivity contribution in [2.24, 2.45) is 0 Å². The molecule has 2 heterocycles. The average molecular weight is 1240 g/mol. The lowest BCUT2D eigenvalue weighted by molar-refractivity contribution is 0.468. The third-order valence-electron chi connectivity index (χ3n) is 18.7. The van der Waals surface area contributed by atoms with Crippen LogP contribution in [0.2, 0.25) is 0 Å². The van der Waals surface area contributed by atoms with Gasteiger partial charge in [0.05, 0.1) is 42.2 Å². The molecular weight excluding hydrogens is 1120 g/mol. The third-order valence-corrected chi connectivity index (χ3v) is 25.4. The van der Waals surface area contributed by atoms with Gasteiger partial charge in [-0.05, 0) is 128 Å². The van der Waals surface area contributed by atoms with E-state index in [-0.39, 0.29) is 28.4 Å². The Kier molecular flexibility index (Phi) is 32.3. The molecule has 2 aliphatic rings. The highest BCUT2D eigenvalue weighted by Gasteiger charge is 2.44. The van der Waals surface area contributed by atoms with E-state index in [2.05, 4.69) is 150 Å². The van der Waals surface area contributed by atoms with Crippen molar-refractivity contribution in [3.05, 3.63) is 132 Å². The van der Waals surface area contributed by atoms with Crippen molar-refractivity contribution in [3.63, 3.8) is 0 Å². The molecule has 8 nitrogen and oxygen atoms in total. The van der Waals surface area contributed by atoms with Crippen molar-refractivity contribution in [2.75, 3.05) is 59.0 Å². The minimum atomic E-state index is -4.01. The Labute approximate surface area is 526 Å². The van der Waals surface area contributed by atoms with Crippen molar-refractivity contribution in [1.82, 2.24) is 0 Å². The molecule has 2 aliphatic heterocycles. The molecule has 0 aromatic heterocycles. The molecule has 0 bridgehead atoms. The van der Waals surface area contributed by atoms with E-state index in [0.29, 0.717) is 38.8 Å². The zero-order valence-corrected chi connectivity index (χ0v) is 57.7. The molecule has 4 aromatic rings. The molecule has 0 spiro atoms. The van der Waals surface area contributed by atoms with Crippen LogP contribution in [0.25, 0.3) is 21.5 Å². The maximum absolute atomic E-state index is 11.4. The van der Waals surface area contributed by atoms with Crippen LogP contribution >= 0.6 is 7.26 Å². The summed E-state index contributed by atoms with van der Waals surface area (Å²) < 4.78 is 64.1. The van der Waals surface area contributed by atoms with Crippen molar-refractivity contribution in [3.8, 4) is 0 Å². The fraction of sp³-hybridized carbons (Fsp3) is 0.627. The SMILES string of the molecule is CC1(C)\C(=C/C=C/C=C/C=C/C2N(CCCCS(=O)(=O)O)c3ccc4ccccc4c3C2(C)C)N(CCCCS(=O)(=O)O)c2ccc3ccccc3c21.CCCCCCCCCCCCCC[P+](CCCCCC)(CCCCCC)CCCCCC. The van der Waals surface area contributed by atoms with Gasteiger partial charge in [-0.2, -0.15) is 16.8 Å². The molecule has 0 saturated carbocycles. The quantitative estimate of drug-likeness (QED) is 0.0195. The fourth-order valence-electron chi connectivity index (χ4n) is 14.0. The van der Waals surface area contributed by atoms with E-state index in [1.807, 2.05) is 30.4 Å². The van der Waals surface area contributed by atoms with Crippen LogP contribution in [-0.2, 0) is 31.1 Å². The molecule has 480 valence electrons. The average Bonchev–Trinajstić information content (AvgIpc) is 1.61. The maximum Gasteiger partial charge on any atom is 0.264 e. The number of nitrogens with zero attached hydrogens (tertiary/aromatic N) is 2. The Morgan fingerprint density at radius 2 is 0.837 bits per heavy atom. The largest absolute Gasteiger partial charge is 0.364 e. The molecule has 4 aromatic carbocycles. The lowest BCUT2D eigenvalue weighted by Gasteiger charge is -2.32. The van der Waals surface area contributed by atoms with E-state index in [9.17, 15) is 25.9 Å². The van der Waals surface area contributed by atoms with Gasteiger partial charge in [0.15, 0.2) is 0 Å². The van der Waals surface area contributed by atoms with E-state index in [1.54, 1.807) is 50.3 Å². The highest BCUT2D eigenvalue weighted by Crippen LogP contribution is 2.62. The van der Waals surface area contributed by atoms with Crippen molar-refractivity contribution in [1.29, 1.82) is 0 Å². The first-order valence-electron chi connectivity index (χ1n) is 34.4. The van der Waals surface area contributed by atoms with Crippen LogP contribution in [0.4, 0.5) is 11.4 Å². The zero-order valence-electron chi connectivity index (χ0n) is 55.2. The lowest BCUT2D eigenvalue weighted by Crippen LogP contribution is -2.40. The number of anilines is 2. The van der Waals surface area contributed by atoms with Gasteiger partial charge < -0.3 is 9.80 Å². The first-order valence-corrected chi connectivity index (χ1v) is 40.1. The molecule has 2 N–H and O–H groups in total. The van der Waals surface area contributed by atoms with Gasteiger partial charge >= 0.3 is 0 Å². The van der Waals surface area contributed by atoms with E-state index < -0.39 is 27.5 Å². The van der Waals surface area contributed by atoms with E-state index >= 15 is 0 Å². The van der Waals surface area contributed by atoms with Gasteiger partial charge in [-0.3, -0.25) is 9.11 Å². The Hall–Kier alpha value is -3.79. The Balaban J connectivity index is 0.000000354. The van der Waals surface area contributed by atoms with Gasteiger partial charge in [-0.1, -0.05) is 255 Å². The second kappa shape index (κ2) is 38.0. The number of benzene rings is 4. The topological polar surface area (TPSA) is 115 Å². The number of hydrogen-bond donors (Lipinski definition) is 2. The summed E-state index contributed by atoms with van der Waals surface area (Å²) >= 11 is 0. The molecule has 0 aliphatic carbocycles. The van der Waals surface area contributed by atoms with Crippen molar-refractivity contribution < 1.29 is 25.9 Å². The normalized spacial score (nSPS) is 16.4. The number of allylic oxidation sites excluding steroid dienone is 7. The summed E-state index contributed by atoms with van der Waals surface area (Å²) in [7, 11) is -8.71. The summed E-state index contributed by atoms with van der Waals surface area (Å²) in [5, 5.41) is 4.79. The number of rotatable bonds is 42. The van der Waals surface area contributed by atoms with Gasteiger partial charge in [0.1, 0.15) is 0 Å². The van der Waals surface area contributed by atoms with Gasteiger partial charge in [0, 0.05) is 48.3 Å². The predicted octanol–water partition coefficient (Wildman–Crippen LogP) is 21.6. The summed E-state index contributed by atoms with van der Waals surface area (Å²) in [6.07, 6.45) is 58.6. The number of hydrogen-bond acceptors (Lipinski definition) is 6.